The van der Waals surface area contributed by atoms with Crippen molar-refractivity contribution < 1.29 is 33.6 Å². The minimum Gasteiger partial charge on any atom is -0.370 e. The first-order valence-electron chi connectivity index (χ1n) is 21.9. The molecule has 1 aliphatic rings. The summed E-state index contributed by atoms with van der Waals surface area (Å²) in [4.78, 5) is 114. The molecule has 7 amide bonds. The van der Waals surface area contributed by atoms with Gasteiger partial charge in [0.2, 0.25) is 41.4 Å². The van der Waals surface area contributed by atoms with Crippen LogP contribution < -0.4 is 83.1 Å². The van der Waals surface area contributed by atoms with E-state index in [9.17, 15) is 33.6 Å². The van der Waals surface area contributed by atoms with E-state index in [-0.39, 0.29) is 114 Å². The van der Waals surface area contributed by atoms with Crippen molar-refractivity contribution in [3.8, 4) is 0 Å². The molecule has 368 valence electrons. The van der Waals surface area contributed by atoms with Crippen molar-refractivity contribution in [3.63, 3.8) is 0 Å². The fraction of sp³-hybridized carbons (Fsp3) is 0.718. The molecule has 0 aromatic heterocycles. The smallest absolute Gasteiger partial charge is 0.243 e. The lowest BCUT2D eigenvalue weighted by molar-refractivity contribution is -0.136. The molecule has 0 unspecified atom stereocenters. The minimum atomic E-state index is -1.28. The highest BCUT2D eigenvalue weighted by molar-refractivity contribution is 5.98. The molecule has 1 fully saturated rings. The van der Waals surface area contributed by atoms with Crippen LogP contribution in [0.4, 0.5) is 0 Å². The van der Waals surface area contributed by atoms with Crippen LogP contribution in [0.25, 0.3) is 0 Å². The predicted octanol–water partition coefficient (Wildman–Crippen LogP) is -5.28. The van der Waals surface area contributed by atoms with Gasteiger partial charge in [0.05, 0.1) is 0 Å². The van der Waals surface area contributed by atoms with Crippen molar-refractivity contribution >= 4 is 65.2 Å². The SMILES string of the molecule is CC[C@H](C)[C@@H]1NC(=O)[C@H](CCCN=C(N)N)NC(=O)[C@@H](CCCN=C(N)N)NC(=O)[C@H](C)NC(=O)[C@H](CCCN=C(N)N)NC(=O)[C@H](CCCN=C(N)N)NC(=O)[C@H](CC(C)C)NC1=O. The number of aliphatic imine (C=N–C) groups is 4. The molecule has 26 heteroatoms. The van der Waals surface area contributed by atoms with Gasteiger partial charge in [0, 0.05) is 26.2 Å². The summed E-state index contributed by atoms with van der Waals surface area (Å²) in [7, 11) is 0. The van der Waals surface area contributed by atoms with E-state index >= 15 is 0 Å². The van der Waals surface area contributed by atoms with Gasteiger partial charge < -0.3 is 83.1 Å². The van der Waals surface area contributed by atoms with E-state index in [1.165, 1.54) is 6.92 Å². The average Bonchev–Trinajstić information content (AvgIpc) is 3.22. The van der Waals surface area contributed by atoms with Crippen LogP contribution >= 0.6 is 0 Å². The maximum atomic E-state index is 14.2. The number of rotatable bonds is 20. The number of hydrogen-bond acceptors (Lipinski definition) is 11. The van der Waals surface area contributed by atoms with Crippen molar-refractivity contribution in [2.45, 2.75) is 141 Å². The van der Waals surface area contributed by atoms with E-state index in [0.29, 0.717) is 6.42 Å². The van der Waals surface area contributed by atoms with Crippen LogP contribution in [-0.2, 0) is 33.6 Å². The third-order valence-electron chi connectivity index (χ3n) is 10.2. The molecule has 0 aliphatic carbocycles. The molecule has 1 saturated heterocycles. The Morgan fingerprint density at radius 1 is 0.446 bits per heavy atom. The van der Waals surface area contributed by atoms with Gasteiger partial charge in [0.25, 0.3) is 0 Å². The largest absolute Gasteiger partial charge is 0.370 e. The van der Waals surface area contributed by atoms with Gasteiger partial charge in [-0.2, -0.15) is 0 Å². The lowest BCUT2D eigenvalue weighted by Gasteiger charge is -2.30. The van der Waals surface area contributed by atoms with Crippen molar-refractivity contribution in [3.05, 3.63) is 0 Å². The molecule has 0 aromatic carbocycles. The Hall–Kier alpha value is -6.63. The first-order chi connectivity index (χ1) is 30.5. The molecular weight excluding hydrogens is 847 g/mol. The Bertz CT molecular complexity index is 1710. The van der Waals surface area contributed by atoms with Gasteiger partial charge in [-0.25, -0.2) is 0 Å². The number of carbonyl (C=O) groups excluding carboxylic acids is 7. The van der Waals surface area contributed by atoms with Crippen LogP contribution in [0.5, 0.6) is 0 Å². The molecule has 23 N–H and O–H groups in total. The third-order valence-corrected chi connectivity index (χ3v) is 10.2. The van der Waals surface area contributed by atoms with E-state index in [1.54, 1.807) is 6.92 Å². The molecule has 1 aliphatic heterocycles. The summed E-state index contributed by atoms with van der Waals surface area (Å²) >= 11 is 0. The summed E-state index contributed by atoms with van der Waals surface area (Å²) in [5.74, 6) is -6.63. The fourth-order valence-corrected chi connectivity index (χ4v) is 6.50. The van der Waals surface area contributed by atoms with Crippen molar-refractivity contribution in [1.29, 1.82) is 0 Å². The van der Waals surface area contributed by atoms with Gasteiger partial charge in [-0.1, -0.05) is 34.1 Å². The minimum absolute atomic E-state index is 0.000425. The first kappa shape index (κ1) is 56.4. The fourth-order valence-electron chi connectivity index (χ4n) is 6.50. The van der Waals surface area contributed by atoms with Crippen molar-refractivity contribution in [2.24, 2.45) is 77.7 Å². The van der Waals surface area contributed by atoms with Gasteiger partial charge in [0.1, 0.15) is 42.3 Å². The Morgan fingerprint density at radius 3 is 1.06 bits per heavy atom. The standard InChI is InChI=1S/C39H75N19O7/c1-6-21(4)28-35(65)57-27(19-20(2)3)34(64)56-25(13-9-17-50-38(44)45)32(62)54-23(11-7-15-48-36(40)41)30(60)52-22(5)29(59)53-24(12-8-16-49-37(42)43)31(61)55-26(33(63)58-28)14-10-18-51-39(46)47/h20-28H,6-19H2,1-5H3,(H,52,60)(H,53,59)(H,54,62)(H,55,61)(H,56,64)(H,57,65)(H,58,63)(H4,40,41,48)(H4,42,43,49)(H4,44,45,50)(H4,46,47,51)/t21-,22-,23-,24+,25-,26-,27-,28-/m0/s1. The van der Waals surface area contributed by atoms with Crippen LogP contribution in [0.1, 0.15) is 98.8 Å². The highest BCUT2D eigenvalue weighted by atomic mass is 16.2. The van der Waals surface area contributed by atoms with Gasteiger partial charge in [0.15, 0.2) is 23.8 Å². The van der Waals surface area contributed by atoms with E-state index < -0.39 is 89.6 Å². The summed E-state index contributed by atoms with van der Waals surface area (Å²) in [6, 6.07) is -8.78. The number of nitrogens with zero attached hydrogens (tertiary/aromatic N) is 4. The first-order valence-corrected chi connectivity index (χ1v) is 21.9. The van der Waals surface area contributed by atoms with Crippen LogP contribution in [0.15, 0.2) is 20.0 Å². The zero-order valence-electron chi connectivity index (χ0n) is 38.4. The lowest BCUT2D eigenvalue weighted by Crippen LogP contribution is -2.60. The molecule has 0 bridgehead atoms. The van der Waals surface area contributed by atoms with Gasteiger partial charge in [-0.15, -0.1) is 0 Å². The molecule has 26 nitrogen and oxygen atoms in total. The number of carbonyl (C=O) groups is 7. The van der Waals surface area contributed by atoms with Gasteiger partial charge in [-0.05, 0) is 76.5 Å². The Balaban J connectivity index is 3.96. The van der Waals surface area contributed by atoms with Crippen LogP contribution in [-0.4, -0.2) is 134 Å². The topological polar surface area (TPSA) is 461 Å². The van der Waals surface area contributed by atoms with Crippen LogP contribution in [0.3, 0.4) is 0 Å². The lowest BCUT2D eigenvalue weighted by atomic mass is 9.96. The van der Waals surface area contributed by atoms with E-state index in [1.807, 2.05) is 20.8 Å². The summed E-state index contributed by atoms with van der Waals surface area (Å²) in [5.41, 5.74) is 43.9. The van der Waals surface area contributed by atoms with Crippen LogP contribution in [0.2, 0.25) is 0 Å². The average molecular weight is 922 g/mol. The Kier molecular flexibility index (Phi) is 25.7. The second-order valence-electron chi connectivity index (χ2n) is 16.3. The van der Waals surface area contributed by atoms with E-state index in [4.69, 9.17) is 45.9 Å². The summed E-state index contributed by atoms with van der Waals surface area (Å²) in [6.45, 7) is 8.97. The second-order valence-corrected chi connectivity index (χ2v) is 16.3. The zero-order chi connectivity index (χ0) is 49.2. The van der Waals surface area contributed by atoms with Crippen molar-refractivity contribution in [1.82, 2.24) is 37.2 Å². The quantitative estimate of drug-likeness (QED) is 0.0308. The molecule has 0 radical (unpaired) electrons. The number of nitrogens with two attached hydrogens (primary N) is 8. The Morgan fingerprint density at radius 2 is 0.738 bits per heavy atom. The van der Waals surface area contributed by atoms with Gasteiger partial charge in [-0.3, -0.25) is 53.5 Å². The highest BCUT2D eigenvalue weighted by Crippen LogP contribution is 2.14. The summed E-state index contributed by atoms with van der Waals surface area (Å²) < 4.78 is 0. The summed E-state index contributed by atoms with van der Waals surface area (Å²) in [6.07, 6.45) is 1.36. The molecule has 1 rings (SSSR count). The molecule has 0 saturated carbocycles. The monoisotopic (exact) mass is 922 g/mol. The third kappa shape index (κ3) is 23.0. The predicted molar refractivity (Wildman–Crippen MR) is 248 cm³/mol. The maximum Gasteiger partial charge on any atom is 0.243 e. The molecule has 1 heterocycles. The molecular formula is C39H75N19O7. The zero-order valence-corrected chi connectivity index (χ0v) is 38.4. The summed E-state index contributed by atoms with van der Waals surface area (Å²) in [5, 5.41) is 18.9. The van der Waals surface area contributed by atoms with Gasteiger partial charge >= 0.3 is 0 Å². The van der Waals surface area contributed by atoms with E-state index in [2.05, 4.69) is 57.2 Å². The van der Waals surface area contributed by atoms with Crippen LogP contribution in [0, 0.1) is 11.8 Å². The number of nitrogens with one attached hydrogen (secondary N) is 7. The number of guanidine groups is 4. The van der Waals surface area contributed by atoms with Crippen molar-refractivity contribution in [2.75, 3.05) is 26.2 Å². The second kappa shape index (κ2) is 29.7. The maximum absolute atomic E-state index is 14.2. The highest BCUT2D eigenvalue weighted by Gasteiger charge is 2.36. The number of hydrogen-bond donors (Lipinski definition) is 15. The molecule has 0 aromatic rings. The Labute approximate surface area is 380 Å². The molecule has 0 spiro atoms. The van der Waals surface area contributed by atoms with E-state index in [0.717, 1.165) is 0 Å². The molecule has 65 heavy (non-hydrogen) atoms. The molecule has 8 atom stereocenters. The number of amides is 7. The normalized spacial score (nSPS) is 23.4.